The highest BCUT2D eigenvalue weighted by Crippen LogP contribution is 2.28. The monoisotopic (exact) mass is 456 g/mol. The van der Waals surface area contributed by atoms with Crippen LogP contribution in [0.1, 0.15) is 0 Å². The van der Waals surface area contributed by atoms with E-state index in [2.05, 4.69) is 45.4 Å². The van der Waals surface area contributed by atoms with Gasteiger partial charge in [-0.1, -0.05) is 54.6 Å². The summed E-state index contributed by atoms with van der Waals surface area (Å²) in [5, 5.41) is 3.93. The number of hydrogen-bond donors (Lipinski definition) is 0. The van der Waals surface area contributed by atoms with Crippen molar-refractivity contribution < 1.29 is 24.0 Å². The molecule has 132 valence electrons. The molecule has 1 heterocycles. The number of nitrogens with zero attached hydrogens (tertiary/aromatic N) is 2. The van der Waals surface area contributed by atoms with Crippen LogP contribution in [-0.4, -0.2) is 25.7 Å². The molecular formula is C22H21IN2O. The molecule has 0 atom stereocenters. The molecule has 0 bridgehead atoms. The van der Waals surface area contributed by atoms with E-state index in [0.717, 1.165) is 33.1 Å². The molecule has 0 N–H and O–H groups in total. The summed E-state index contributed by atoms with van der Waals surface area (Å²) < 4.78 is 2.42. The van der Waals surface area contributed by atoms with Gasteiger partial charge in [-0.25, -0.2) is 4.57 Å². The Morgan fingerprint density at radius 3 is 2.00 bits per heavy atom. The summed E-state index contributed by atoms with van der Waals surface area (Å²) in [6.07, 6.45) is 0. The molecule has 0 saturated heterocycles. The van der Waals surface area contributed by atoms with Crippen molar-refractivity contribution in [3.8, 4) is 5.69 Å². The van der Waals surface area contributed by atoms with E-state index in [1.807, 2.05) is 53.1 Å². The summed E-state index contributed by atoms with van der Waals surface area (Å²) in [5.41, 5.74) is 0.953. The third-order valence-electron chi connectivity index (χ3n) is 4.60. The van der Waals surface area contributed by atoms with E-state index in [-0.39, 0.29) is 29.5 Å². The van der Waals surface area contributed by atoms with Crippen LogP contribution in [0.25, 0.3) is 27.2 Å². The summed E-state index contributed by atoms with van der Waals surface area (Å²) in [5.74, 6) is 0.958. The van der Waals surface area contributed by atoms with Gasteiger partial charge in [0.2, 0.25) is 5.82 Å². The highest BCUT2D eigenvalue weighted by Gasteiger charge is 2.22. The first kappa shape index (κ1) is 18.6. The van der Waals surface area contributed by atoms with E-state index in [1.54, 1.807) is 0 Å². The van der Waals surface area contributed by atoms with Gasteiger partial charge in [-0.2, -0.15) is 0 Å². The van der Waals surface area contributed by atoms with E-state index in [4.69, 9.17) is 0 Å². The fraction of sp³-hybridized carbons (Fsp3) is 0.136. The minimum atomic E-state index is 0. The van der Waals surface area contributed by atoms with Gasteiger partial charge in [0.25, 0.3) is 5.56 Å². The third-order valence-corrected chi connectivity index (χ3v) is 4.60. The van der Waals surface area contributed by atoms with Gasteiger partial charge >= 0.3 is 0 Å². The zero-order valence-electron chi connectivity index (χ0n) is 15.1. The van der Waals surface area contributed by atoms with Gasteiger partial charge in [0.15, 0.2) is 0 Å². The fourth-order valence-electron chi connectivity index (χ4n) is 3.38. The Balaban J connectivity index is 0.00000196. The summed E-state index contributed by atoms with van der Waals surface area (Å²) in [6.45, 7) is 0. The molecule has 0 saturated carbocycles. The second-order valence-corrected chi connectivity index (χ2v) is 7.24. The number of aromatic nitrogens is 1. The Bertz CT molecular complexity index is 1150. The van der Waals surface area contributed by atoms with Gasteiger partial charge in [0.1, 0.15) is 0 Å². The zero-order valence-corrected chi connectivity index (χ0v) is 17.3. The molecular weight excluding hydrogens is 435 g/mol. The molecule has 0 aliphatic heterocycles. The lowest BCUT2D eigenvalue weighted by molar-refractivity contribution is -0.00000517. The Morgan fingerprint density at radius 1 is 0.731 bits per heavy atom. The number of halogens is 1. The van der Waals surface area contributed by atoms with Crippen molar-refractivity contribution in [3.63, 3.8) is 0 Å². The second-order valence-electron chi connectivity index (χ2n) is 7.24. The number of pyridine rings is 1. The first-order valence-corrected chi connectivity index (χ1v) is 8.42. The zero-order chi connectivity index (χ0) is 17.6. The Kier molecular flexibility index (Phi) is 4.90. The third kappa shape index (κ3) is 3.04. The van der Waals surface area contributed by atoms with Crippen LogP contribution in [-0.2, 0) is 0 Å². The van der Waals surface area contributed by atoms with E-state index >= 15 is 0 Å². The number of rotatable bonds is 2. The molecule has 4 rings (SSSR count). The van der Waals surface area contributed by atoms with Gasteiger partial charge < -0.3 is 24.0 Å². The molecule has 0 spiro atoms. The SMILES string of the molecule is C[N+](C)(C)c1cc2ccccc2c(=O)n1-c1cccc2ccccc12.[I-]. The summed E-state index contributed by atoms with van der Waals surface area (Å²) in [6, 6.07) is 24.2. The minimum absolute atomic E-state index is 0. The number of benzene rings is 3. The summed E-state index contributed by atoms with van der Waals surface area (Å²) in [4.78, 5) is 13.4. The molecule has 0 amide bonds. The maximum absolute atomic E-state index is 13.4. The topological polar surface area (TPSA) is 22.0 Å². The molecule has 26 heavy (non-hydrogen) atoms. The predicted octanol–water partition coefficient (Wildman–Crippen LogP) is 1.34. The molecule has 0 aliphatic rings. The van der Waals surface area contributed by atoms with Gasteiger partial charge in [0, 0.05) is 16.8 Å². The van der Waals surface area contributed by atoms with Crippen molar-refractivity contribution in [1.29, 1.82) is 0 Å². The quantitative estimate of drug-likeness (QED) is 0.330. The van der Waals surface area contributed by atoms with Gasteiger partial charge in [-0.05, 0) is 22.9 Å². The van der Waals surface area contributed by atoms with Crippen LogP contribution in [0.4, 0.5) is 5.82 Å². The Morgan fingerprint density at radius 2 is 1.31 bits per heavy atom. The fourth-order valence-corrected chi connectivity index (χ4v) is 3.38. The largest absolute Gasteiger partial charge is 1.00 e. The molecule has 3 aromatic carbocycles. The highest BCUT2D eigenvalue weighted by atomic mass is 127. The highest BCUT2D eigenvalue weighted by molar-refractivity contribution is 5.92. The molecule has 4 aromatic rings. The maximum Gasteiger partial charge on any atom is 0.267 e. The van der Waals surface area contributed by atoms with Crippen molar-refractivity contribution in [2.45, 2.75) is 0 Å². The van der Waals surface area contributed by atoms with E-state index in [1.165, 1.54) is 0 Å². The number of quaternary nitrogens is 1. The van der Waals surface area contributed by atoms with Crippen molar-refractivity contribution in [2.75, 3.05) is 21.1 Å². The van der Waals surface area contributed by atoms with Crippen LogP contribution in [0.5, 0.6) is 0 Å². The van der Waals surface area contributed by atoms with Crippen LogP contribution < -0.4 is 34.0 Å². The summed E-state index contributed by atoms with van der Waals surface area (Å²) in [7, 11) is 6.27. The first-order valence-electron chi connectivity index (χ1n) is 8.42. The second kappa shape index (κ2) is 6.85. The normalized spacial score (nSPS) is 11.5. The maximum atomic E-state index is 13.4. The summed E-state index contributed by atoms with van der Waals surface area (Å²) >= 11 is 0. The lowest BCUT2D eigenvalue weighted by atomic mass is 10.1. The van der Waals surface area contributed by atoms with Crippen LogP contribution in [0, 0.1) is 0 Å². The molecule has 0 radical (unpaired) electrons. The molecule has 0 aliphatic carbocycles. The van der Waals surface area contributed by atoms with Crippen molar-refractivity contribution in [3.05, 3.63) is 83.2 Å². The van der Waals surface area contributed by atoms with E-state index in [0.29, 0.717) is 4.48 Å². The minimum Gasteiger partial charge on any atom is -1.00 e. The van der Waals surface area contributed by atoms with Crippen LogP contribution >= 0.6 is 0 Å². The number of hydrogen-bond acceptors (Lipinski definition) is 1. The Labute approximate surface area is 170 Å². The molecule has 4 heteroatoms. The van der Waals surface area contributed by atoms with Gasteiger partial charge in [-0.15, -0.1) is 0 Å². The van der Waals surface area contributed by atoms with Gasteiger partial charge in [-0.3, -0.25) is 9.28 Å². The molecule has 0 unspecified atom stereocenters. The first-order chi connectivity index (χ1) is 12.0. The van der Waals surface area contributed by atoms with Crippen LogP contribution in [0.3, 0.4) is 0 Å². The number of fused-ring (bicyclic) bond motifs is 2. The lowest BCUT2D eigenvalue weighted by Crippen LogP contribution is -3.00. The average Bonchev–Trinajstić information content (AvgIpc) is 2.61. The molecule has 1 aromatic heterocycles. The Hall–Kier alpha value is -2.18. The van der Waals surface area contributed by atoms with E-state index < -0.39 is 0 Å². The van der Waals surface area contributed by atoms with Crippen molar-refractivity contribution in [1.82, 2.24) is 9.05 Å². The van der Waals surface area contributed by atoms with E-state index in [9.17, 15) is 4.79 Å². The smallest absolute Gasteiger partial charge is 0.267 e. The predicted molar refractivity (Wildman–Crippen MR) is 107 cm³/mol. The van der Waals surface area contributed by atoms with Crippen LogP contribution in [0.15, 0.2) is 77.6 Å². The standard InChI is InChI=1S/C22H21N2O.HI/c1-24(2,3)21-15-17-10-5-7-13-19(17)22(25)23(21)20-14-8-11-16-9-4-6-12-18(16)20;/h4-15H,1-3H3;1H/q+1;/p-1. The molecule has 0 fully saturated rings. The van der Waals surface area contributed by atoms with Gasteiger partial charge in [0.05, 0.1) is 26.8 Å². The molecule has 3 nitrogen and oxygen atoms in total. The van der Waals surface area contributed by atoms with Crippen LogP contribution in [0.2, 0.25) is 0 Å². The lowest BCUT2D eigenvalue weighted by Gasteiger charge is -2.27. The van der Waals surface area contributed by atoms with Crippen molar-refractivity contribution >= 4 is 27.4 Å². The average molecular weight is 456 g/mol. The van der Waals surface area contributed by atoms with Crippen molar-refractivity contribution in [2.24, 2.45) is 0 Å².